The second-order valence-corrected chi connectivity index (χ2v) is 7.10. The molecule has 2 aromatic heterocycles. The summed E-state index contributed by atoms with van der Waals surface area (Å²) in [5.74, 6) is 1.33. The summed E-state index contributed by atoms with van der Waals surface area (Å²) in [6, 6.07) is 15.8. The zero-order valence-electron chi connectivity index (χ0n) is 11.0. The van der Waals surface area contributed by atoms with Crippen molar-refractivity contribution in [2.24, 2.45) is 0 Å². The molecule has 0 fully saturated rings. The number of thiophene rings is 1. The van der Waals surface area contributed by atoms with E-state index >= 15 is 0 Å². The molecule has 0 aliphatic rings. The van der Waals surface area contributed by atoms with Crippen LogP contribution < -0.4 is 4.72 Å². The second-order valence-electron chi connectivity index (χ2n) is 4.38. The van der Waals surface area contributed by atoms with Gasteiger partial charge in [0, 0.05) is 0 Å². The van der Waals surface area contributed by atoms with Gasteiger partial charge in [0.25, 0.3) is 0 Å². The van der Waals surface area contributed by atoms with Gasteiger partial charge in [-0.3, -0.25) is 0 Å². The van der Waals surface area contributed by atoms with Crippen molar-refractivity contribution in [1.82, 2.24) is 4.72 Å². The van der Waals surface area contributed by atoms with Crippen LogP contribution in [0.1, 0.15) is 5.76 Å². The van der Waals surface area contributed by atoms with Crippen LogP contribution >= 0.6 is 11.3 Å². The van der Waals surface area contributed by atoms with Gasteiger partial charge in [0.2, 0.25) is 10.0 Å². The van der Waals surface area contributed by atoms with Gasteiger partial charge in [-0.05, 0) is 35.7 Å². The molecule has 6 heteroatoms. The third-order valence-corrected chi connectivity index (χ3v) is 5.22. The van der Waals surface area contributed by atoms with Crippen LogP contribution in [0.5, 0.6) is 0 Å². The molecule has 3 aromatic rings. The predicted molar refractivity (Wildman–Crippen MR) is 82.5 cm³/mol. The number of hydrogen-bond acceptors (Lipinski definition) is 4. The summed E-state index contributed by atoms with van der Waals surface area (Å²) in [7, 11) is -3.51. The van der Waals surface area contributed by atoms with E-state index in [1.807, 2.05) is 23.6 Å². The van der Waals surface area contributed by atoms with Gasteiger partial charge in [-0.1, -0.05) is 24.3 Å². The third kappa shape index (κ3) is 3.24. The maximum absolute atomic E-state index is 12.1. The highest BCUT2D eigenvalue weighted by molar-refractivity contribution is 7.89. The van der Waals surface area contributed by atoms with Crippen LogP contribution in [-0.4, -0.2) is 8.42 Å². The molecule has 4 nitrogen and oxygen atoms in total. The highest BCUT2D eigenvalue weighted by Crippen LogP contribution is 2.26. The Kier molecular flexibility index (Phi) is 3.92. The van der Waals surface area contributed by atoms with E-state index in [1.165, 1.54) is 0 Å². The van der Waals surface area contributed by atoms with E-state index in [2.05, 4.69) is 4.72 Å². The van der Waals surface area contributed by atoms with Crippen molar-refractivity contribution in [2.45, 2.75) is 11.4 Å². The molecule has 0 atom stereocenters. The quantitative estimate of drug-likeness (QED) is 0.783. The first kappa shape index (κ1) is 14.1. The normalized spacial score (nSPS) is 11.6. The number of hydrogen-bond donors (Lipinski definition) is 1. The Bertz CT molecular complexity index is 806. The van der Waals surface area contributed by atoms with Crippen LogP contribution in [0.2, 0.25) is 0 Å². The molecule has 0 saturated heterocycles. The van der Waals surface area contributed by atoms with Crippen molar-refractivity contribution < 1.29 is 12.8 Å². The van der Waals surface area contributed by atoms with Crippen molar-refractivity contribution in [1.29, 1.82) is 0 Å². The van der Waals surface area contributed by atoms with Crippen LogP contribution in [0.4, 0.5) is 0 Å². The Morgan fingerprint density at radius 1 is 1.00 bits per heavy atom. The molecule has 0 spiro atoms. The van der Waals surface area contributed by atoms with Gasteiger partial charge in [-0.15, -0.1) is 11.3 Å². The van der Waals surface area contributed by atoms with Crippen LogP contribution in [-0.2, 0) is 16.6 Å². The molecule has 3 rings (SSSR count). The lowest BCUT2D eigenvalue weighted by Gasteiger charge is -2.04. The van der Waals surface area contributed by atoms with Gasteiger partial charge in [0.15, 0.2) is 0 Å². The van der Waals surface area contributed by atoms with E-state index in [9.17, 15) is 8.42 Å². The van der Waals surface area contributed by atoms with Crippen molar-refractivity contribution in [3.05, 3.63) is 65.7 Å². The summed E-state index contributed by atoms with van der Waals surface area (Å²) < 4.78 is 32.4. The van der Waals surface area contributed by atoms with Crippen molar-refractivity contribution in [2.75, 3.05) is 0 Å². The maximum Gasteiger partial charge on any atom is 0.240 e. The van der Waals surface area contributed by atoms with E-state index in [0.717, 1.165) is 10.6 Å². The first-order valence-corrected chi connectivity index (χ1v) is 8.69. The van der Waals surface area contributed by atoms with E-state index in [-0.39, 0.29) is 11.4 Å². The van der Waals surface area contributed by atoms with Crippen molar-refractivity contribution in [3.63, 3.8) is 0 Å². The zero-order chi connectivity index (χ0) is 14.7. The van der Waals surface area contributed by atoms with Gasteiger partial charge in [-0.25, -0.2) is 13.1 Å². The number of sulfonamides is 1. The Hall–Kier alpha value is -1.89. The largest absolute Gasteiger partial charge is 0.459 e. The zero-order valence-corrected chi connectivity index (χ0v) is 12.7. The fourth-order valence-corrected chi connectivity index (χ4v) is 3.57. The molecule has 0 amide bonds. The standard InChI is InChI=1S/C15H13NO3S2/c17-21(18,13-5-2-1-3-6-13)16-11-12-8-9-14(19-12)15-7-4-10-20-15/h1-10,16H,11H2. The number of nitrogens with one attached hydrogen (secondary N) is 1. The molecule has 2 heterocycles. The summed E-state index contributed by atoms with van der Waals surface area (Å²) in [6.07, 6.45) is 0. The molecule has 0 unspecified atom stereocenters. The molecule has 0 radical (unpaired) electrons. The van der Waals surface area contributed by atoms with E-state index in [0.29, 0.717) is 5.76 Å². The minimum Gasteiger partial charge on any atom is -0.459 e. The van der Waals surface area contributed by atoms with Gasteiger partial charge >= 0.3 is 0 Å². The summed E-state index contributed by atoms with van der Waals surface area (Å²) in [4.78, 5) is 1.27. The molecule has 0 saturated carbocycles. The average Bonchev–Trinajstić information content (AvgIpc) is 3.17. The Labute approximate surface area is 127 Å². The van der Waals surface area contributed by atoms with E-state index in [1.54, 1.807) is 47.7 Å². The SMILES string of the molecule is O=S(=O)(NCc1ccc(-c2cccs2)o1)c1ccccc1. The molecule has 0 aliphatic heterocycles. The van der Waals surface area contributed by atoms with Crippen molar-refractivity contribution in [3.8, 4) is 10.6 Å². The minimum atomic E-state index is -3.51. The predicted octanol–water partition coefficient (Wildman–Crippen LogP) is 3.49. The molecular weight excluding hydrogens is 306 g/mol. The summed E-state index contributed by atoms with van der Waals surface area (Å²) in [5.41, 5.74) is 0. The Morgan fingerprint density at radius 3 is 2.52 bits per heavy atom. The lowest BCUT2D eigenvalue weighted by molar-refractivity contribution is 0.510. The van der Waals surface area contributed by atoms with E-state index < -0.39 is 10.0 Å². The van der Waals surface area contributed by atoms with Crippen LogP contribution in [0.25, 0.3) is 10.6 Å². The maximum atomic E-state index is 12.1. The molecule has 21 heavy (non-hydrogen) atoms. The fraction of sp³-hybridized carbons (Fsp3) is 0.0667. The van der Waals surface area contributed by atoms with Gasteiger partial charge in [0.05, 0.1) is 16.3 Å². The second kappa shape index (κ2) is 5.85. The Balaban J connectivity index is 1.71. The molecule has 1 aromatic carbocycles. The van der Waals surface area contributed by atoms with Crippen molar-refractivity contribution >= 4 is 21.4 Å². The summed E-state index contributed by atoms with van der Waals surface area (Å²) in [6.45, 7) is 0.128. The average molecular weight is 319 g/mol. The topological polar surface area (TPSA) is 59.3 Å². The van der Waals surface area contributed by atoms with Crippen LogP contribution in [0.15, 0.2) is 69.3 Å². The lowest BCUT2D eigenvalue weighted by Crippen LogP contribution is -2.22. The molecule has 0 aliphatic carbocycles. The Morgan fingerprint density at radius 2 is 1.81 bits per heavy atom. The smallest absolute Gasteiger partial charge is 0.240 e. The first-order chi connectivity index (χ1) is 10.1. The molecule has 0 bridgehead atoms. The lowest BCUT2D eigenvalue weighted by atomic mass is 10.3. The van der Waals surface area contributed by atoms with Crippen LogP contribution in [0, 0.1) is 0 Å². The van der Waals surface area contributed by atoms with Gasteiger partial charge < -0.3 is 4.42 Å². The number of benzene rings is 1. The van der Waals surface area contributed by atoms with Crippen LogP contribution in [0.3, 0.4) is 0 Å². The molecular formula is C15H13NO3S2. The number of furan rings is 1. The molecule has 1 N–H and O–H groups in total. The number of rotatable bonds is 5. The highest BCUT2D eigenvalue weighted by Gasteiger charge is 2.14. The molecule has 108 valence electrons. The van der Waals surface area contributed by atoms with E-state index in [4.69, 9.17) is 4.42 Å². The van der Waals surface area contributed by atoms with Gasteiger partial charge in [-0.2, -0.15) is 0 Å². The first-order valence-electron chi connectivity index (χ1n) is 6.32. The van der Waals surface area contributed by atoms with Gasteiger partial charge in [0.1, 0.15) is 11.5 Å². The third-order valence-electron chi connectivity index (χ3n) is 2.92. The highest BCUT2D eigenvalue weighted by atomic mass is 32.2. The fourth-order valence-electron chi connectivity index (χ4n) is 1.87. The monoisotopic (exact) mass is 319 g/mol. The minimum absolute atomic E-state index is 0.128. The summed E-state index contributed by atoms with van der Waals surface area (Å²) in [5, 5.41) is 1.97. The summed E-state index contributed by atoms with van der Waals surface area (Å²) >= 11 is 1.58.